The molecule has 1 aromatic rings. The predicted molar refractivity (Wildman–Crippen MR) is 94.4 cm³/mol. The molecule has 0 spiro atoms. The molecule has 4 nitrogen and oxygen atoms in total. The molecule has 1 aromatic carbocycles. The molecule has 0 radical (unpaired) electrons. The van der Waals surface area contributed by atoms with Gasteiger partial charge in [0.1, 0.15) is 0 Å². The van der Waals surface area contributed by atoms with E-state index in [0.717, 1.165) is 37.8 Å². The molecule has 2 aliphatic carbocycles. The maximum Gasteiger partial charge on any atom is 0.417 e. The van der Waals surface area contributed by atoms with Gasteiger partial charge >= 0.3 is 6.18 Å². The van der Waals surface area contributed by atoms with Crippen LogP contribution >= 0.6 is 0 Å². The Bertz CT molecular complexity index is 922. The van der Waals surface area contributed by atoms with Crippen LogP contribution in [0.3, 0.4) is 0 Å². The van der Waals surface area contributed by atoms with Crippen LogP contribution in [0.25, 0.3) is 0 Å². The summed E-state index contributed by atoms with van der Waals surface area (Å²) in [4.78, 5) is 0. The Morgan fingerprint density at radius 3 is 2.70 bits per heavy atom. The van der Waals surface area contributed by atoms with Crippen LogP contribution in [-0.4, -0.2) is 19.7 Å². The number of hydrogen-bond acceptors (Lipinski definition) is 3. The molecule has 1 heterocycles. The average molecular weight is 398 g/mol. The van der Waals surface area contributed by atoms with E-state index in [0.29, 0.717) is 12.3 Å². The molecule has 1 saturated heterocycles. The number of fused-ring (bicyclic) bond motifs is 5. The first-order chi connectivity index (χ1) is 12.7. The molecule has 27 heavy (non-hydrogen) atoms. The minimum Gasteiger partial charge on any atom is -0.269 e. The van der Waals surface area contributed by atoms with Gasteiger partial charge in [0.15, 0.2) is 0 Å². The van der Waals surface area contributed by atoms with Gasteiger partial charge in [-0.15, -0.1) is 0 Å². The first-order valence-corrected chi connectivity index (χ1v) is 10.7. The number of alkyl halides is 3. The van der Waals surface area contributed by atoms with E-state index in [-0.39, 0.29) is 24.1 Å². The smallest absolute Gasteiger partial charge is 0.269 e. The van der Waals surface area contributed by atoms with E-state index in [1.807, 2.05) is 6.92 Å². The molecule has 0 amide bonds. The lowest BCUT2D eigenvalue weighted by Gasteiger charge is -2.37. The first kappa shape index (κ1) is 18.6. The SMILES string of the molecule is CCC[C@@]12[C@@H]3CC[C@@H](C3)[C@@H]1CN(c1ccc(C#N)c(C(F)(F)F)c1)S2(=O)=O. The second kappa shape index (κ2) is 5.87. The monoisotopic (exact) mass is 398 g/mol. The number of anilines is 1. The highest BCUT2D eigenvalue weighted by Gasteiger charge is 2.69. The van der Waals surface area contributed by atoms with E-state index in [1.54, 1.807) is 6.07 Å². The molecule has 146 valence electrons. The molecule has 4 atom stereocenters. The van der Waals surface area contributed by atoms with Crippen molar-refractivity contribution in [3.05, 3.63) is 29.3 Å². The molecule has 8 heteroatoms. The first-order valence-electron chi connectivity index (χ1n) is 9.30. The quantitative estimate of drug-likeness (QED) is 0.762. The maximum atomic E-state index is 13.6. The van der Waals surface area contributed by atoms with Crippen LogP contribution in [0.5, 0.6) is 0 Å². The van der Waals surface area contributed by atoms with E-state index >= 15 is 0 Å². The second-order valence-corrected chi connectivity index (χ2v) is 10.1. The van der Waals surface area contributed by atoms with Crippen LogP contribution in [0.15, 0.2) is 18.2 Å². The van der Waals surface area contributed by atoms with E-state index in [9.17, 15) is 21.6 Å². The number of sulfonamides is 1. The molecule has 1 aliphatic heterocycles. The summed E-state index contributed by atoms with van der Waals surface area (Å²) in [7, 11) is -3.77. The van der Waals surface area contributed by atoms with Gasteiger partial charge < -0.3 is 0 Å². The van der Waals surface area contributed by atoms with Crippen molar-refractivity contribution in [1.29, 1.82) is 5.26 Å². The number of halogens is 3. The lowest BCUT2D eigenvalue weighted by Crippen LogP contribution is -2.47. The Kier molecular flexibility index (Phi) is 4.05. The number of hydrogen-bond donors (Lipinski definition) is 0. The van der Waals surface area contributed by atoms with Gasteiger partial charge in [-0.05, 0) is 55.7 Å². The van der Waals surface area contributed by atoms with Gasteiger partial charge in [0.05, 0.1) is 27.6 Å². The molecule has 3 fully saturated rings. The van der Waals surface area contributed by atoms with Crippen molar-refractivity contribution in [3.63, 3.8) is 0 Å². The van der Waals surface area contributed by atoms with Crippen LogP contribution in [0.4, 0.5) is 18.9 Å². The molecule has 0 unspecified atom stereocenters. The lowest BCUT2D eigenvalue weighted by molar-refractivity contribution is -0.137. The fourth-order valence-electron chi connectivity index (χ4n) is 5.89. The van der Waals surface area contributed by atoms with Crippen LogP contribution in [-0.2, 0) is 16.2 Å². The fraction of sp³-hybridized carbons (Fsp3) is 0.632. The highest BCUT2D eigenvalue weighted by Crippen LogP contribution is 2.64. The summed E-state index contributed by atoms with van der Waals surface area (Å²) in [6, 6.07) is 4.76. The average Bonchev–Trinajstić information content (AvgIpc) is 3.25. The normalized spacial score (nSPS) is 33.9. The summed E-state index contributed by atoms with van der Waals surface area (Å²) in [5.41, 5.74) is -1.56. The van der Waals surface area contributed by atoms with Crippen molar-refractivity contribution in [3.8, 4) is 6.07 Å². The van der Waals surface area contributed by atoms with E-state index in [2.05, 4.69) is 0 Å². The minimum atomic E-state index is -4.71. The van der Waals surface area contributed by atoms with E-state index in [4.69, 9.17) is 5.26 Å². The van der Waals surface area contributed by atoms with Crippen molar-refractivity contribution >= 4 is 15.7 Å². The maximum absolute atomic E-state index is 13.6. The summed E-state index contributed by atoms with van der Waals surface area (Å²) >= 11 is 0. The molecule has 0 N–H and O–H groups in total. The summed E-state index contributed by atoms with van der Waals surface area (Å²) in [5.74, 6) is 0.413. The summed E-state index contributed by atoms with van der Waals surface area (Å²) in [5, 5.41) is 8.98. The zero-order valence-corrected chi connectivity index (χ0v) is 15.8. The highest BCUT2D eigenvalue weighted by molar-refractivity contribution is 7.94. The van der Waals surface area contributed by atoms with Crippen molar-refractivity contribution in [2.45, 2.75) is 50.0 Å². The molecule has 2 bridgehead atoms. The molecule has 2 saturated carbocycles. The predicted octanol–water partition coefficient (Wildman–Crippen LogP) is 4.31. The number of nitriles is 1. The van der Waals surface area contributed by atoms with Crippen molar-refractivity contribution in [1.82, 2.24) is 0 Å². The van der Waals surface area contributed by atoms with Gasteiger partial charge in [-0.2, -0.15) is 18.4 Å². The second-order valence-electron chi connectivity index (χ2n) is 7.96. The van der Waals surface area contributed by atoms with Gasteiger partial charge in [-0.3, -0.25) is 4.31 Å². The third-order valence-electron chi connectivity index (χ3n) is 6.85. The third kappa shape index (κ3) is 2.36. The van der Waals surface area contributed by atoms with Crippen LogP contribution < -0.4 is 4.31 Å². The topological polar surface area (TPSA) is 61.2 Å². The van der Waals surface area contributed by atoms with E-state index in [1.165, 1.54) is 10.4 Å². The zero-order chi connectivity index (χ0) is 19.6. The number of benzene rings is 1. The van der Waals surface area contributed by atoms with Gasteiger partial charge in [-0.25, -0.2) is 8.42 Å². The van der Waals surface area contributed by atoms with Gasteiger partial charge in [0.25, 0.3) is 0 Å². The number of rotatable bonds is 3. The molecule has 4 rings (SSSR count). The molecule has 3 aliphatic rings. The van der Waals surface area contributed by atoms with Crippen molar-refractivity contribution < 1.29 is 21.6 Å². The largest absolute Gasteiger partial charge is 0.417 e. The third-order valence-corrected chi connectivity index (χ3v) is 9.59. The standard InChI is InChI=1S/C19H21F3N2O2S/c1-2-7-18-14-5-3-12(8-14)17(18)11-24(27(18,25)26)15-6-4-13(10-23)16(9-15)19(20,21)22/h4,6,9,12,14,17H,2-3,5,7-8,11H2,1H3/t12-,14+,17-,18+/m0/s1. The van der Waals surface area contributed by atoms with Crippen LogP contribution in [0.2, 0.25) is 0 Å². The molecular formula is C19H21F3N2O2S. The minimum absolute atomic E-state index is 0.0191. The summed E-state index contributed by atoms with van der Waals surface area (Å²) < 4.78 is 67.5. The van der Waals surface area contributed by atoms with Gasteiger partial charge in [-0.1, -0.05) is 13.3 Å². The number of nitrogens with zero attached hydrogens (tertiary/aromatic N) is 2. The van der Waals surface area contributed by atoms with Crippen LogP contribution in [0.1, 0.15) is 50.2 Å². The Hall–Kier alpha value is -1.75. The molecular weight excluding hydrogens is 377 g/mol. The Balaban J connectivity index is 1.82. The fourth-order valence-corrected chi connectivity index (χ4v) is 8.79. The van der Waals surface area contributed by atoms with Gasteiger partial charge in [0.2, 0.25) is 10.0 Å². The van der Waals surface area contributed by atoms with E-state index < -0.39 is 32.1 Å². The van der Waals surface area contributed by atoms with Gasteiger partial charge in [0, 0.05) is 12.5 Å². The Morgan fingerprint density at radius 1 is 1.33 bits per heavy atom. The Morgan fingerprint density at radius 2 is 2.07 bits per heavy atom. The van der Waals surface area contributed by atoms with Crippen molar-refractivity contribution in [2.75, 3.05) is 10.8 Å². The summed E-state index contributed by atoms with van der Waals surface area (Å²) in [6.45, 7) is 2.20. The summed E-state index contributed by atoms with van der Waals surface area (Å²) in [6.07, 6.45) is -0.617. The molecule has 0 aromatic heterocycles. The van der Waals surface area contributed by atoms with Crippen molar-refractivity contribution in [2.24, 2.45) is 17.8 Å². The van der Waals surface area contributed by atoms with Crippen LogP contribution in [0, 0.1) is 29.1 Å². The lowest BCUT2D eigenvalue weighted by atomic mass is 9.76. The highest BCUT2D eigenvalue weighted by atomic mass is 32.2. The Labute approximate surface area is 157 Å². The zero-order valence-electron chi connectivity index (χ0n) is 15.0.